The van der Waals surface area contributed by atoms with Crippen molar-refractivity contribution in [1.29, 1.82) is 0 Å². The van der Waals surface area contributed by atoms with Crippen LogP contribution in [0.2, 0.25) is 0 Å². The van der Waals surface area contributed by atoms with E-state index in [-0.39, 0.29) is 5.56 Å². The first-order valence-corrected chi connectivity index (χ1v) is 6.73. The second kappa shape index (κ2) is 5.38. The summed E-state index contributed by atoms with van der Waals surface area (Å²) in [5.41, 5.74) is 3.16. The lowest BCUT2D eigenvalue weighted by molar-refractivity contribution is 0.511. The summed E-state index contributed by atoms with van der Waals surface area (Å²) in [5, 5.41) is 1.83. The molecular weight excluding hydrogens is 357 g/mol. The highest BCUT2D eigenvalue weighted by molar-refractivity contribution is 14.1. The predicted molar refractivity (Wildman–Crippen MR) is 72.6 cm³/mol. The van der Waals surface area contributed by atoms with Gasteiger partial charge >= 0.3 is 0 Å². The monoisotopic (exact) mass is 366 g/mol. The molecule has 0 bridgehead atoms. The van der Waals surface area contributed by atoms with Gasteiger partial charge in [0.15, 0.2) is 0 Å². The van der Waals surface area contributed by atoms with Gasteiger partial charge in [-0.25, -0.2) is 14.2 Å². The molecule has 2 aromatic rings. The molecule has 1 heterocycles. The zero-order valence-corrected chi connectivity index (χ0v) is 11.6. The fourth-order valence-electron chi connectivity index (χ4n) is 1.61. The van der Waals surface area contributed by atoms with Gasteiger partial charge in [0.25, 0.3) is 0 Å². The summed E-state index contributed by atoms with van der Waals surface area (Å²) in [5.74, 6) is 4.20. The van der Waals surface area contributed by atoms with Crippen LogP contribution in [0.25, 0.3) is 0 Å². The lowest BCUT2D eigenvalue weighted by atomic mass is 10.0. The molecule has 0 saturated heterocycles. The molecule has 0 aliphatic carbocycles. The van der Waals surface area contributed by atoms with Gasteiger partial charge in [0, 0.05) is 5.56 Å². The van der Waals surface area contributed by atoms with Crippen LogP contribution >= 0.6 is 33.9 Å². The molecule has 0 aliphatic rings. The van der Waals surface area contributed by atoms with Gasteiger partial charge in [-0.05, 0) is 51.7 Å². The molecule has 3 N–H and O–H groups in total. The number of hydrazine groups is 1. The number of hydrogen-bond donors (Lipinski definition) is 2. The topological polar surface area (TPSA) is 38.0 Å². The third kappa shape index (κ3) is 2.65. The van der Waals surface area contributed by atoms with E-state index in [0.29, 0.717) is 0 Å². The van der Waals surface area contributed by atoms with Crippen LogP contribution in [0, 0.1) is 14.5 Å². The smallest absolute Gasteiger partial charge is 0.131 e. The number of halogens is 3. The van der Waals surface area contributed by atoms with Crippen molar-refractivity contribution in [1.82, 2.24) is 5.43 Å². The van der Waals surface area contributed by atoms with E-state index in [1.54, 1.807) is 0 Å². The Bertz CT molecular complexity index is 510. The van der Waals surface area contributed by atoms with Gasteiger partial charge in [-0.2, -0.15) is 0 Å². The van der Waals surface area contributed by atoms with Crippen molar-refractivity contribution in [3.63, 3.8) is 0 Å². The van der Waals surface area contributed by atoms with E-state index in [4.69, 9.17) is 5.84 Å². The molecule has 17 heavy (non-hydrogen) atoms. The van der Waals surface area contributed by atoms with Crippen molar-refractivity contribution in [2.24, 2.45) is 5.84 Å². The highest BCUT2D eigenvalue weighted by Gasteiger charge is 2.21. The number of hydrogen-bond acceptors (Lipinski definition) is 3. The van der Waals surface area contributed by atoms with Gasteiger partial charge in [0.1, 0.15) is 11.6 Å². The van der Waals surface area contributed by atoms with E-state index in [2.05, 4.69) is 28.0 Å². The summed E-state index contributed by atoms with van der Waals surface area (Å²) in [4.78, 5) is 0. The first-order valence-electron chi connectivity index (χ1n) is 4.77. The molecule has 1 unspecified atom stereocenters. The highest BCUT2D eigenvalue weighted by atomic mass is 127. The minimum atomic E-state index is -0.670. The molecule has 0 saturated carbocycles. The number of rotatable bonds is 3. The van der Waals surface area contributed by atoms with Crippen LogP contribution in [0.5, 0.6) is 0 Å². The van der Waals surface area contributed by atoms with Gasteiger partial charge < -0.3 is 0 Å². The van der Waals surface area contributed by atoms with Crippen LogP contribution in [0.1, 0.15) is 17.2 Å². The molecule has 0 spiro atoms. The van der Waals surface area contributed by atoms with Crippen LogP contribution in [0.15, 0.2) is 29.6 Å². The fraction of sp³-hybridized carbons (Fsp3) is 0.0909. The Balaban J connectivity index is 2.49. The molecule has 2 rings (SSSR count). The standard InChI is InChI=1S/C11H9F2IN2S/c12-7-2-1-3-8(13)10(7)11(16-15)6-4-9(14)17-5-6/h1-5,11,16H,15H2. The number of thiophene rings is 1. The van der Waals surface area contributed by atoms with E-state index >= 15 is 0 Å². The molecule has 6 heteroatoms. The van der Waals surface area contributed by atoms with E-state index in [9.17, 15) is 8.78 Å². The Kier molecular flexibility index (Phi) is 4.08. The van der Waals surface area contributed by atoms with Crippen molar-refractivity contribution in [2.75, 3.05) is 0 Å². The number of benzene rings is 1. The quantitative estimate of drug-likeness (QED) is 0.498. The van der Waals surface area contributed by atoms with E-state index in [1.807, 2.05) is 11.4 Å². The van der Waals surface area contributed by atoms with E-state index in [1.165, 1.54) is 29.5 Å². The van der Waals surface area contributed by atoms with Gasteiger partial charge in [-0.1, -0.05) is 6.07 Å². The summed E-state index contributed by atoms with van der Waals surface area (Å²) < 4.78 is 28.3. The zero-order valence-electron chi connectivity index (χ0n) is 8.58. The van der Waals surface area contributed by atoms with Crippen LogP contribution in [-0.2, 0) is 0 Å². The van der Waals surface area contributed by atoms with Gasteiger partial charge in [-0.3, -0.25) is 5.84 Å². The van der Waals surface area contributed by atoms with Crippen LogP contribution < -0.4 is 11.3 Å². The van der Waals surface area contributed by atoms with Crippen molar-refractivity contribution >= 4 is 33.9 Å². The van der Waals surface area contributed by atoms with Gasteiger partial charge in [0.05, 0.1) is 8.93 Å². The Labute approximate surface area is 115 Å². The maximum Gasteiger partial charge on any atom is 0.131 e. The van der Waals surface area contributed by atoms with E-state index < -0.39 is 17.7 Å². The fourth-order valence-corrected chi connectivity index (χ4v) is 3.01. The number of nitrogens with one attached hydrogen (secondary N) is 1. The van der Waals surface area contributed by atoms with Crippen molar-refractivity contribution in [2.45, 2.75) is 6.04 Å². The van der Waals surface area contributed by atoms with E-state index in [0.717, 1.165) is 8.45 Å². The molecule has 1 aromatic heterocycles. The third-order valence-corrected chi connectivity index (χ3v) is 4.18. The van der Waals surface area contributed by atoms with Crippen LogP contribution in [-0.4, -0.2) is 0 Å². The summed E-state index contributed by atoms with van der Waals surface area (Å²) in [6, 6.07) is 4.96. The van der Waals surface area contributed by atoms with Crippen molar-refractivity contribution in [3.05, 3.63) is 55.3 Å². The Hall–Kier alpha value is -0.570. The second-order valence-corrected chi connectivity index (χ2v) is 6.22. The summed E-state index contributed by atoms with van der Waals surface area (Å²) in [7, 11) is 0. The Morgan fingerprint density at radius 1 is 1.29 bits per heavy atom. The maximum atomic E-state index is 13.6. The molecule has 1 atom stereocenters. The molecule has 2 nitrogen and oxygen atoms in total. The first-order chi connectivity index (χ1) is 8.13. The summed E-state index contributed by atoms with van der Waals surface area (Å²) >= 11 is 3.65. The van der Waals surface area contributed by atoms with Crippen molar-refractivity contribution in [3.8, 4) is 0 Å². The average Bonchev–Trinajstić information content (AvgIpc) is 2.70. The van der Waals surface area contributed by atoms with Crippen LogP contribution in [0.4, 0.5) is 8.78 Å². The predicted octanol–water partition coefficient (Wildman–Crippen LogP) is 3.18. The minimum Gasteiger partial charge on any atom is -0.271 e. The van der Waals surface area contributed by atoms with Gasteiger partial charge in [0.2, 0.25) is 0 Å². The minimum absolute atomic E-state index is 0.0517. The largest absolute Gasteiger partial charge is 0.271 e. The summed E-state index contributed by atoms with van der Waals surface area (Å²) in [6.45, 7) is 0. The highest BCUT2D eigenvalue weighted by Crippen LogP contribution is 2.29. The van der Waals surface area contributed by atoms with Crippen molar-refractivity contribution < 1.29 is 8.78 Å². The normalized spacial score (nSPS) is 12.7. The SMILES string of the molecule is NNC(c1csc(I)c1)c1c(F)cccc1F. The third-order valence-electron chi connectivity index (χ3n) is 2.38. The lowest BCUT2D eigenvalue weighted by Gasteiger charge is -2.16. The lowest BCUT2D eigenvalue weighted by Crippen LogP contribution is -2.30. The number of nitrogens with two attached hydrogens (primary N) is 1. The maximum absolute atomic E-state index is 13.6. The molecule has 0 fully saturated rings. The Morgan fingerprint density at radius 3 is 2.41 bits per heavy atom. The zero-order chi connectivity index (χ0) is 12.4. The molecule has 0 radical (unpaired) electrons. The second-order valence-electron chi connectivity index (χ2n) is 3.42. The molecule has 90 valence electrons. The molecule has 0 aliphatic heterocycles. The molecule has 1 aromatic carbocycles. The molecule has 0 amide bonds. The Morgan fingerprint density at radius 2 is 1.94 bits per heavy atom. The van der Waals surface area contributed by atoms with Gasteiger partial charge in [-0.15, -0.1) is 11.3 Å². The molecular formula is C11H9F2IN2S. The first kappa shape index (κ1) is 12.9. The summed E-state index contributed by atoms with van der Waals surface area (Å²) in [6.07, 6.45) is 0. The van der Waals surface area contributed by atoms with Crippen LogP contribution in [0.3, 0.4) is 0 Å². The average molecular weight is 366 g/mol.